The van der Waals surface area contributed by atoms with E-state index in [2.05, 4.69) is 26.7 Å². The van der Waals surface area contributed by atoms with Gasteiger partial charge in [0.25, 0.3) is 5.91 Å². The molecule has 0 spiro atoms. The summed E-state index contributed by atoms with van der Waals surface area (Å²) in [6.45, 7) is 3.52. The number of benzene rings is 1. The Balaban J connectivity index is 2.05. The van der Waals surface area contributed by atoms with Gasteiger partial charge in [-0.15, -0.1) is 5.10 Å². The molecule has 2 aromatic rings. The van der Waals surface area contributed by atoms with Crippen molar-refractivity contribution in [3.05, 3.63) is 46.0 Å². The van der Waals surface area contributed by atoms with Crippen molar-refractivity contribution in [2.24, 2.45) is 0 Å². The molecular formula is C15H15N3O2S. The smallest absolute Gasteiger partial charge is 0.265 e. The van der Waals surface area contributed by atoms with Crippen molar-refractivity contribution in [1.29, 1.82) is 0 Å². The van der Waals surface area contributed by atoms with E-state index >= 15 is 0 Å². The summed E-state index contributed by atoms with van der Waals surface area (Å²) in [6, 6.07) is 7.41. The number of aromatic nitrogens is 2. The number of amides is 1. The number of carbonyl (C=O) groups excluding carboxylic acids is 1. The number of nitrogens with zero attached hydrogens (tertiary/aromatic N) is 2. The molecule has 1 unspecified atom stereocenters. The third-order valence-corrected chi connectivity index (χ3v) is 3.75. The fourth-order valence-electron chi connectivity index (χ4n) is 1.78. The van der Waals surface area contributed by atoms with Gasteiger partial charge in [0.15, 0.2) is 0 Å². The second-order valence-corrected chi connectivity index (χ2v) is 5.22. The minimum absolute atomic E-state index is 0.126. The molecule has 0 saturated heterocycles. The van der Waals surface area contributed by atoms with E-state index in [9.17, 15) is 4.79 Å². The predicted octanol–water partition coefficient (Wildman–Crippen LogP) is 1.68. The summed E-state index contributed by atoms with van der Waals surface area (Å²) in [6.07, 6.45) is 0. The van der Waals surface area contributed by atoms with Gasteiger partial charge in [-0.1, -0.05) is 28.5 Å². The zero-order valence-electron chi connectivity index (χ0n) is 11.8. The van der Waals surface area contributed by atoms with Gasteiger partial charge >= 0.3 is 0 Å². The van der Waals surface area contributed by atoms with E-state index in [1.807, 2.05) is 31.2 Å². The summed E-state index contributed by atoms with van der Waals surface area (Å²) >= 11 is 1.09. The number of hydrogen-bond acceptors (Lipinski definition) is 5. The Labute approximate surface area is 127 Å². The third kappa shape index (κ3) is 3.88. The number of hydrogen-bond donors (Lipinski definition) is 2. The first-order valence-electron chi connectivity index (χ1n) is 6.41. The van der Waals surface area contributed by atoms with E-state index in [4.69, 9.17) is 5.11 Å². The zero-order valence-corrected chi connectivity index (χ0v) is 12.6. The molecule has 1 amide bonds. The molecule has 1 aromatic heterocycles. The van der Waals surface area contributed by atoms with Gasteiger partial charge in [0.05, 0.1) is 11.7 Å². The molecule has 0 aliphatic rings. The van der Waals surface area contributed by atoms with Crippen LogP contribution in [-0.4, -0.2) is 27.2 Å². The quantitative estimate of drug-likeness (QED) is 0.846. The average Bonchev–Trinajstić information content (AvgIpc) is 2.91. The largest absolute Gasteiger partial charge is 0.384 e. The maximum atomic E-state index is 12.1. The summed E-state index contributed by atoms with van der Waals surface area (Å²) in [5, 5.41) is 15.4. The van der Waals surface area contributed by atoms with Crippen molar-refractivity contribution in [2.75, 3.05) is 6.61 Å². The third-order valence-electron chi connectivity index (χ3n) is 2.93. The fourth-order valence-corrected chi connectivity index (χ4v) is 2.34. The minimum atomic E-state index is -0.167. The van der Waals surface area contributed by atoms with Crippen LogP contribution in [-0.2, 0) is 0 Å². The summed E-state index contributed by atoms with van der Waals surface area (Å²) < 4.78 is 3.76. The molecule has 0 radical (unpaired) electrons. The van der Waals surface area contributed by atoms with Crippen molar-refractivity contribution in [2.45, 2.75) is 19.9 Å². The highest BCUT2D eigenvalue weighted by molar-refractivity contribution is 7.08. The molecule has 5 nitrogen and oxygen atoms in total. The van der Waals surface area contributed by atoms with Crippen LogP contribution in [0.4, 0.5) is 0 Å². The normalized spacial score (nSPS) is 11.4. The minimum Gasteiger partial charge on any atom is -0.384 e. The number of aryl methyl sites for hydroxylation is 1. The number of aliphatic hydroxyl groups is 1. The van der Waals surface area contributed by atoms with E-state index in [1.54, 1.807) is 6.92 Å². The van der Waals surface area contributed by atoms with Crippen LogP contribution < -0.4 is 5.32 Å². The monoisotopic (exact) mass is 301 g/mol. The molecule has 0 bridgehead atoms. The van der Waals surface area contributed by atoms with Gasteiger partial charge in [0.1, 0.15) is 11.5 Å². The van der Waals surface area contributed by atoms with Crippen LogP contribution in [0.3, 0.4) is 0 Å². The number of aliphatic hydroxyl groups excluding tert-OH is 1. The zero-order chi connectivity index (χ0) is 15.2. The molecule has 0 saturated carbocycles. The van der Waals surface area contributed by atoms with Gasteiger partial charge in [0.2, 0.25) is 0 Å². The van der Waals surface area contributed by atoms with Gasteiger partial charge in [-0.05, 0) is 43.1 Å². The lowest BCUT2D eigenvalue weighted by molar-refractivity contribution is 0.0943. The Morgan fingerprint density at radius 1 is 1.43 bits per heavy atom. The summed E-state index contributed by atoms with van der Waals surface area (Å²) in [4.78, 5) is 12.6. The molecule has 1 atom stereocenters. The van der Waals surface area contributed by atoms with E-state index in [-0.39, 0.29) is 18.6 Å². The highest BCUT2D eigenvalue weighted by atomic mass is 32.1. The first-order valence-corrected chi connectivity index (χ1v) is 7.18. The van der Waals surface area contributed by atoms with Crippen molar-refractivity contribution >= 4 is 17.4 Å². The topological polar surface area (TPSA) is 75.1 Å². The van der Waals surface area contributed by atoms with Crippen LogP contribution >= 0.6 is 11.5 Å². The molecule has 2 rings (SSSR count). The summed E-state index contributed by atoms with van der Waals surface area (Å²) in [7, 11) is 0. The lowest BCUT2D eigenvalue weighted by atomic mass is 10.1. The SMILES string of the molecule is Cc1nnsc1C(=O)NC(C)c1ccc(C#CCO)cc1. The predicted molar refractivity (Wildman–Crippen MR) is 80.9 cm³/mol. The molecular weight excluding hydrogens is 286 g/mol. The van der Waals surface area contributed by atoms with Crippen LogP contribution in [0, 0.1) is 18.8 Å². The fraction of sp³-hybridized carbons (Fsp3) is 0.267. The molecule has 21 heavy (non-hydrogen) atoms. The molecule has 1 heterocycles. The van der Waals surface area contributed by atoms with E-state index in [0.717, 1.165) is 22.7 Å². The van der Waals surface area contributed by atoms with Crippen LogP contribution in [0.25, 0.3) is 0 Å². The van der Waals surface area contributed by atoms with Gasteiger partial charge in [-0.25, -0.2) is 0 Å². The second-order valence-electron chi connectivity index (χ2n) is 4.46. The molecule has 2 N–H and O–H groups in total. The Hall–Kier alpha value is -2.23. The average molecular weight is 301 g/mol. The van der Waals surface area contributed by atoms with Crippen molar-refractivity contribution < 1.29 is 9.90 Å². The van der Waals surface area contributed by atoms with Crippen LogP contribution in [0.15, 0.2) is 24.3 Å². The highest BCUT2D eigenvalue weighted by Crippen LogP contribution is 2.16. The lowest BCUT2D eigenvalue weighted by Crippen LogP contribution is -2.26. The standard InChI is InChI=1S/C15H15N3O2S/c1-10(16-15(20)14-11(2)17-18-21-14)13-7-5-12(6-8-13)4-3-9-19/h5-8,10,19H,9H2,1-2H3,(H,16,20). The molecule has 0 fully saturated rings. The second kappa shape index (κ2) is 6.97. The molecule has 108 valence electrons. The number of nitrogens with one attached hydrogen (secondary N) is 1. The maximum absolute atomic E-state index is 12.1. The van der Waals surface area contributed by atoms with Crippen molar-refractivity contribution in [3.8, 4) is 11.8 Å². The van der Waals surface area contributed by atoms with Gasteiger partial charge < -0.3 is 10.4 Å². The van der Waals surface area contributed by atoms with Crippen LogP contribution in [0.1, 0.15) is 39.5 Å². The van der Waals surface area contributed by atoms with Crippen molar-refractivity contribution in [3.63, 3.8) is 0 Å². The Morgan fingerprint density at radius 3 is 2.71 bits per heavy atom. The van der Waals surface area contributed by atoms with Gasteiger partial charge in [0, 0.05) is 5.56 Å². The number of carbonyl (C=O) groups is 1. The Bertz CT molecular complexity index is 683. The Morgan fingerprint density at radius 2 is 2.14 bits per heavy atom. The van der Waals surface area contributed by atoms with Crippen LogP contribution in [0.5, 0.6) is 0 Å². The molecule has 0 aliphatic carbocycles. The first-order chi connectivity index (χ1) is 10.1. The van der Waals surface area contributed by atoms with Gasteiger partial charge in [-0.3, -0.25) is 4.79 Å². The highest BCUT2D eigenvalue weighted by Gasteiger charge is 2.16. The van der Waals surface area contributed by atoms with Crippen molar-refractivity contribution in [1.82, 2.24) is 14.9 Å². The van der Waals surface area contributed by atoms with E-state index in [1.165, 1.54) is 0 Å². The van der Waals surface area contributed by atoms with E-state index in [0.29, 0.717) is 10.6 Å². The Kier molecular flexibility index (Phi) is 5.04. The maximum Gasteiger partial charge on any atom is 0.265 e. The first kappa shape index (κ1) is 15.2. The lowest BCUT2D eigenvalue weighted by Gasteiger charge is -2.13. The molecule has 0 aliphatic heterocycles. The summed E-state index contributed by atoms with van der Waals surface area (Å²) in [5.74, 6) is 5.25. The summed E-state index contributed by atoms with van der Waals surface area (Å²) in [5.41, 5.74) is 2.45. The molecule has 1 aromatic carbocycles. The van der Waals surface area contributed by atoms with Crippen LogP contribution in [0.2, 0.25) is 0 Å². The van der Waals surface area contributed by atoms with E-state index < -0.39 is 0 Å². The number of rotatable bonds is 3. The molecule has 6 heteroatoms. The van der Waals surface area contributed by atoms with Gasteiger partial charge in [-0.2, -0.15) is 0 Å².